The molecule has 18 heavy (non-hydrogen) atoms. The van der Waals surface area contributed by atoms with Crippen molar-refractivity contribution in [1.29, 1.82) is 0 Å². The predicted octanol–water partition coefficient (Wildman–Crippen LogP) is 4.41. The quantitative estimate of drug-likeness (QED) is 0.894. The number of nitrogens with zero attached hydrogens (tertiary/aromatic N) is 1. The summed E-state index contributed by atoms with van der Waals surface area (Å²) in [7, 11) is 0. The van der Waals surface area contributed by atoms with Gasteiger partial charge >= 0.3 is 5.97 Å². The van der Waals surface area contributed by atoms with Crippen LogP contribution >= 0.6 is 34.8 Å². The fraction of sp³-hybridized carbons (Fsp3) is 0. The van der Waals surface area contributed by atoms with Gasteiger partial charge in [0.25, 0.3) is 0 Å². The van der Waals surface area contributed by atoms with Gasteiger partial charge in [0, 0.05) is 16.8 Å². The van der Waals surface area contributed by atoms with E-state index in [-0.39, 0.29) is 21.3 Å². The van der Waals surface area contributed by atoms with Crippen LogP contribution in [0.5, 0.6) is 0 Å². The standard InChI is InChI=1S/C12H6Cl3NO2/c13-6-4-8(14)10(9(15)5-6)11-7(12(17)18)2-1-3-16-11/h1-5H,(H,17,18). The van der Waals surface area contributed by atoms with Gasteiger partial charge in [0.2, 0.25) is 0 Å². The van der Waals surface area contributed by atoms with Crippen molar-refractivity contribution in [2.75, 3.05) is 0 Å². The summed E-state index contributed by atoms with van der Waals surface area (Å²) in [5.74, 6) is -1.10. The first-order chi connectivity index (χ1) is 8.50. The molecule has 0 radical (unpaired) electrons. The molecule has 6 heteroatoms. The summed E-state index contributed by atoms with van der Waals surface area (Å²) in [5.41, 5.74) is 0.612. The number of benzene rings is 1. The van der Waals surface area contributed by atoms with Crippen molar-refractivity contribution in [3.63, 3.8) is 0 Å². The van der Waals surface area contributed by atoms with Crippen LogP contribution in [0, 0.1) is 0 Å². The number of hydrogen-bond acceptors (Lipinski definition) is 2. The maximum atomic E-state index is 11.1. The molecule has 0 amide bonds. The molecule has 0 unspecified atom stereocenters. The molecule has 0 aliphatic rings. The molecule has 0 saturated carbocycles. The molecule has 2 aromatic rings. The molecule has 1 heterocycles. The second-order valence-electron chi connectivity index (χ2n) is 3.45. The number of aromatic carboxylic acids is 1. The van der Waals surface area contributed by atoms with Crippen LogP contribution in [0.3, 0.4) is 0 Å². The first kappa shape index (κ1) is 13.1. The Morgan fingerprint density at radius 1 is 1.17 bits per heavy atom. The maximum absolute atomic E-state index is 11.1. The Morgan fingerprint density at radius 3 is 2.33 bits per heavy atom. The highest BCUT2D eigenvalue weighted by Gasteiger charge is 2.18. The number of pyridine rings is 1. The fourth-order valence-electron chi connectivity index (χ4n) is 1.55. The summed E-state index contributed by atoms with van der Waals surface area (Å²) >= 11 is 17.9. The van der Waals surface area contributed by atoms with Crippen molar-refractivity contribution >= 4 is 40.8 Å². The number of hydrogen-bond donors (Lipinski definition) is 1. The fourth-order valence-corrected chi connectivity index (χ4v) is 2.54. The van der Waals surface area contributed by atoms with Crippen LogP contribution in [0.2, 0.25) is 15.1 Å². The molecule has 0 aliphatic heterocycles. The zero-order valence-corrected chi connectivity index (χ0v) is 11.1. The minimum absolute atomic E-state index is 0.0311. The molecule has 1 N–H and O–H groups in total. The van der Waals surface area contributed by atoms with Crippen LogP contribution in [-0.4, -0.2) is 16.1 Å². The van der Waals surface area contributed by atoms with Gasteiger partial charge in [-0.2, -0.15) is 0 Å². The SMILES string of the molecule is O=C(O)c1cccnc1-c1c(Cl)cc(Cl)cc1Cl. The van der Waals surface area contributed by atoms with Gasteiger partial charge in [-0.1, -0.05) is 34.8 Å². The third kappa shape index (κ3) is 2.43. The molecule has 3 nitrogen and oxygen atoms in total. The van der Waals surface area contributed by atoms with Gasteiger partial charge in [0.05, 0.1) is 21.3 Å². The van der Waals surface area contributed by atoms with Crippen LogP contribution < -0.4 is 0 Å². The average molecular weight is 303 g/mol. The van der Waals surface area contributed by atoms with E-state index in [1.807, 2.05) is 0 Å². The Kier molecular flexibility index (Phi) is 3.76. The zero-order chi connectivity index (χ0) is 13.3. The summed E-state index contributed by atoms with van der Waals surface area (Å²) in [4.78, 5) is 15.2. The van der Waals surface area contributed by atoms with Gasteiger partial charge in [-0.05, 0) is 24.3 Å². The van der Waals surface area contributed by atoms with E-state index < -0.39 is 5.97 Å². The summed E-state index contributed by atoms with van der Waals surface area (Å²) in [6.07, 6.45) is 1.48. The lowest BCUT2D eigenvalue weighted by molar-refractivity contribution is 0.0697. The first-order valence-electron chi connectivity index (χ1n) is 4.84. The van der Waals surface area contributed by atoms with E-state index in [1.54, 1.807) is 0 Å². The first-order valence-corrected chi connectivity index (χ1v) is 5.97. The molecule has 0 spiro atoms. The minimum Gasteiger partial charge on any atom is -0.478 e. The molecule has 2 rings (SSSR count). The van der Waals surface area contributed by atoms with Gasteiger partial charge in [-0.3, -0.25) is 4.98 Å². The van der Waals surface area contributed by atoms with Gasteiger partial charge in [0.1, 0.15) is 0 Å². The van der Waals surface area contributed by atoms with Crippen molar-refractivity contribution in [1.82, 2.24) is 4.98 Å². The van der Waals surface area contributed by atoms with E-state index in [4.69, 9.17) is 39.9 Å². The number of halogens is 3. The Bertz CT molecular complexity index is 605. The summed E-state index contributed by atoms with van der Waals surface area (Å²) in [5, 5.41) is 10.0. The average Bonchev–Trinajstić information content (AvgIpc) is 2.28. The van der Waals surface area contributed by atoms with E-state index in [0.717, 1.165) is 0 Å². The minimum atomic E-state index is -1.10. The number of carboxylic acid groups (broad SMARTS) is 1. The van der Waals surface area contributed by atoms with Crippen LogP contribution in [0.4, 0.5) is 0 Å². The van der Waals surface area contributed by atoms with Crippen molar-refractivity contribution in [3.05, 3.63) is 51.1 Å². The summed E-state index contributed by atoms with van der Waals surface area (Å²) in [6, 6.07) is 5.95. The highest BCUT2D eigenvalue weighted by Crippen LogP contribution is 2.37. The van der Waals surface area contributed by atoms with Gasteiger partial charge in [0.15, 0.2) is 0 Å². The lowest BCUT2D eigenvalue weighted by Crippen LogP contribution is -2.01. The molecule has 0 aliphatic carbocycles. The van der Waals surface area contributed by atoms with Crippen molar-refractivity contribution in [2.45, 2.75) is 0 Å². The smallest absolute Gasteiger partial charge is 0.337 e. The normalized spacial score (nSPS) is 10.4. The highest BCUT2D eigenvalue weighted by molar-refractivity contribution is 6.41. The van der Waals surface area contributed by atoms with E-state index in [2.05, 4.69) is 4.98 Å². The number of carbonyl (C=O) groups is 1. The van der Waals surface area contributed by atoms with Crippen LogP contribution in [0.25, 0.3) is 11.3 Å². The van der Waals surface area contributed by atoms with Crippen LogP contribution in [0.15, 0.2) is 30.5 Å². The van der Waals surface area contributed by atoms with Gasteiger partial charge in [-0.25, -0.2) is 4.79 Å². The van der Waals surface area contributed by atoms with Crippen molar-refractivity contribution < 1.29 is 9.90 Å². The second kappa shape index (κ2) is 5.14. The molecule has 0 saturated heterocycles. The van der Waals surface area contributed by atoms with Gasteiger partial charge < -0.3 is 5.11 Å². The number of rotatable bonds is 2. The Morgan fingerprint density at radius 2 is 1.78 bits per heavy atom. The van der Waals surface area contributed by atoms with Gasteiger partial charge in [-0.15, -0.1) is 0 Å². The molecular formula is C12H6Cl3NO2. The Hall–Kier alpha value is -1.29. The molecule has 0 fully saturated rings. The van der Waals surface area contributed by atoms with Crippen LogP contribution in [0.1, 0.15) is 10.4 Å². The van der Waals surface area contributed by atoms with E-state index in [9.17, 15) is 4.79 Å². The predicted molar refractivity (Wildman–Crippen MR) is 71.7 cm³/mol. The van der Waals surface area contributed by atoms with Crippen LogP contribution in [-0.2, 0) is 0 Å². The van der Waals surface area contributed by atoms with E-state index in [1.165, 1.54) is 30.5 Å². The number of carboxylic acids is 1. The molecular weight excluding hydrogens is 296 g/mol. The largest absolute Gasteiger partial charge is 0.478 e. The summed E-state index contributed by atoms with van der Waals surface area (Å²) < 4.78 is 0. The lowest BCUT2D eigenvalue weighted by atomic mass is 10.1. The molecule has 0 atom stereocenters. The molecule has 1 aromatic heterocycles. The molecule has 1 aromatic carbocycles. The third-order valence-corrected chi connectivity index (χ3v) is 3.10. The molecule has 0 bridgehead atoms. The monoisotopic (exact) mass is 301 g/mol. The second-order valence-corrected chi connectivity index (χ2v) is 4.70. The lowest BCUT2D eigenvalue weighted by Gasteiger charge is -2.09. The third-order valence-electron chi connectivity index (χ3n) is 2.28. The molecule has 92 valence electrons. The Labute approximate surface area is 118 Å². The van der Waals surface area contributed by atoms with Crippen molar-refractivity contribution in [2.24, 2.45) is 0 Å². The topological polar surface area (TPSA) is 50.2 Å². The van der Waals surface area contributed by atoms with Crippen molar-refractivity contribution in [3.8, 4) is 11.3 Å². The van der Waals surface area contributed by atoms with E-state index in [0.29, 0.717) is 10.6 Å². The highest BCUT2D eigenvalue weighted by atomic mass is 35.5. The Balaban J connectivity index is 2.74. The zero-order valence-electron chi connectivity index (χ0n) is 8.82. The maximum Gasteiger partial charge on any atom is 0.337 e. The number of aromatic nitrogens is 1. The van der Waals surface area contributed by atoms with E-state index >= 15 is 0 Å². The summed E-state index contributed by atoms with van der Waals surface area (Å²) in [6.45, 7) is 0.